The highest BCUT2D eigenvalue weighted by molar-refractivity contribution is 4.84. The molecule has 1 aliphatic rings. The zero-order valence-electron chi connectivity index (χ0n) is 11.9. The van der Waals surface area contributed by atoms with Crippen LogP contribution in [0.15, 0.2) is 0 Å². The van der Waals surface area contributed by atoms with Crippen molar-refractivity contribution in [2.24, 2.45) is 5.92 Å². The first kappa shape index (κ1) is 15.0. The highest BCUT2D eigenvalue weighted by Crippen LogP contribution is 2.28. The minimum absolute atomic E-state index is 0.413. The molecule has 0 N–H and O–H groups in total. The second-order valence-corrected chi connectivity index (χ2v) is 5.67. The zero-order valence-corrected chi connectivity index (χ0v) is 11.9. The molecule has 0 unspecified atom stereocenters. The molecule has 1 heterocycles. The van der Waals surface area contributed by atoms with E-state index < -0.39 is 0 Å². The van der Waals surface area contributed by atoms with E-state index in [1.54, 1.807) is 0 Å². The third kappa shape index (κ3) is 7.77. The lowest BCUT2D eigenvalue weighted by Crippen LogP contribution is -2.06. The monoisotopic (exact) mass is 242 g/mol. The van der Waals surface area contributed by atoms with Gasteiger partial charge in [-0.1, -0.05) is 52.9 Å². The quantitative estimate of drug-likeness (QED) is 0.400. The molecule has 17 heavy (non-hydrogen) atoms. The minimum atomic E-state index is 0.413. The lowest BCUT2D eigenvalue weighted by molar-refractivity contribution is 0.113. The van der Waals surface area contributed by atoms with Crippen LogP contribution in [-0.4, -0.2) is 25.4 Å². The van der Waals surface area contributed by atoms with Crippen molar-refractivity contribution >= 4 is 0 Å². The Balaban J connectivity index is 1.81. The summed E-state index contributed by atoms with van der Waals surface area (Å²) in [4.78, 5) is 0. The lowest BCUT2D eigenvalue weighted by atomic mass is 10.0. The van der Waals surface area contributed by atoms with E-state index in [4.69, 9.17) is 9.47 Å². The molecule has 2 nitrogen and oxygen atoms in total. The predicted octanol–water partition coefficient (Wildman–Crippen LogP) is 4.18. The van der Waals surface area contributed by atoms with Crippen LogP contribution in [0.25, 0.3) is 0 Å². The molecule has 1 fully saturated rings. The van der Waals surface area contributed by atoms with Crippen LogP contribution < -0.4 is 0 Å². The van der Waals surface area contributed by atoms with Gasteiger partial charge in [-0.3, -0.25) is 0 Å². The van der Waals surface area contributed by atoms with E-state index in [-0.39, 0.29) is 0 Å². The highest BCUT2D eigenvalue weighted by Gasteiger charge is 2.37. The van der Waals surface area contributed by atoms with Crippen LogP contribution in [0, 0.1) is 5.92 Å². The number of unbranched alkanes of at least 4 members (excludes halogenated alkanes) is 3. The molecular weight excluding hydrogens is 212 g/mol. The van der Waals surface area contributed by atoms with Gasteiger partial charge in [0.2, 0.25) is 0 Å². The van der Waals surface area contributed by atoms with Crippen molar-refractivity contribution in [3.63, 3.8) is 0 Å². The first-order valence-electron chi connectivity index (χ1n) is 7.47. The predicted molar refractivity (Wildman–Crippen MR) is 72.3 cm³/mol. The van der Waals surface area contributed by atoms with Crippen LogP contribution in [-0.2, 0) is 9.47 Å². The normalized spacial score (nSPS) is 23.3. The van der Waals surface area contributed by atoms with Crippen molar-refractivity contribution in [3.8, 4) is 0 Å². The van der Waals surface area contributed by atoms with Crippen LogP contribution in [0.2, 0.25) is 0 Å². The Labute approximate surface area is 107 Å². The molecule has 0 radical (unpaired) electrons. The summed E-state index contributed by atoms with van der Waals surface area (Å²) < 4.78 is 11.2. The molecule has 1 rings (SSSR count). The van der Waals surface area contributed by atoms with Crippen molar-refractivity contribution in [1.82, 2.24) is 0 Å². The van der Waals surface area contributed by atoms with Crippen molar-refractivity contribution in [2.45, 2.75) is 77.9 Å². The zero-order chi connectivity index (χ0) is 12.5. The summed E-state index contributed by atoms with van der Waals surface area (Å²) in [6.07, 6.45) is 9.91. The molecule has 2 heteroatoms. The van der Waals surface area contributed by atoms with Gasteiger partial charge in [0.25, 0.3) is 0 Å². The maximum atomic E-state index is 5.61. The number of ether oxygens (including phenoxy) is 2. The molecule has 1 saturated heterocycles. The van der Waals surface area contributed by atoms with Gasteiger partial charge in [-0.15, -0.1) is 0 Å². The van der Waals surface area contributed by atoms with Gasteiger partial charge >= 0.3 is 0 Å². The first-order chi connectivity index (χ1) is 8.24. The van der Waals surface area contributed by atoms with Crippen LogP contribution >= 0.6 is 0 Å². The Kier molecular flexibility index (Phi) is 7.87. The number of epoxide rings is 1. The third-order valence-corrected chi connectivity index (χ3v) is 3.38. The molecule has 0 amide bonds. The molecule has 0 aromatic carbocycles. The van der Waals surface area contributed by atoms with E-state index in [0.29, 0.717) is 12.2 Å². The molecule has 0 aromatic rings. The van der Waals surface area contributed by atoms with Gasteiger partial charge in [-0.25, -0.2) is 0 Å². The molecule has 0 aromatic heterocycles. The van der Waals surface area contributed by atoms with Gasteiger partial charge in [0.05, 0.1) is 12.7 Å². The van der Waals surface area contributed by atoms with Gasteiger partial charge in [-0.2, -0.15) is 0 Å². The summed E-state index contributed by atoms with van der Waals surface area (Å²) in [6.45, 7) is 8.53. The summed E-state index contributed by atoms with van der Waals surface area (Å²) in [7, 11) is 0. The average Bonchev–Trinajstić information content (AvgIpc) is 3.03. The Hall–Kier alpha value is -0.0800. The van der Waals surface area contributed by atoms with E-state index in [1.807, 2.05) is 0 Å². The van der Waals surface area contributed by atoms with E-state index in [0.717, 1.165) is 19.1 Å². The van der Waals surface area contributed by atoms with Gasteiger partial charge in [-0.05, 0) is 18.8 Å². The molecule has 0 spiro atoms. The van der Waals surface area contributed by atoms with E-state index >= 15 is 0 Å². The van der Waals surface area contributed by atoms with Crippen molar-refractivity contribution in [2.75, 3.05) is 13.2 Å². The van der Waals surface area contributed by atoms with Crippen LogP contribution in [0.3, 0.4) is 0 Å². The standard InChI is InChI=1S/C15H30O2/c1-4-5-8-11-16-12-15-14(17-15)10-7-6-9-13(2)3/h13-15H,4-12H2,1-3H3/t14-,15+/m1/s1. The Bertz CT molecular complexity index is 180. The lowest BCUT2D eigenvalue weighted by Gasteiger charge is -2.03. The van der Waals surface area contributed by atoms with Crippen molar-refractivity contribution < 1.29 is 9.47 Å². The fourth-order valence-electron chi connectivity index (χ4n) is 2.13. The molecule has 2 atom stereocenters. The number of rotatable bonds is 11. The summed E-state index contributed by atoms with van der Waals surface area (Å²) in [5.74, 6) is 0.841. The van der Waals surface area contributed by atoms with Gasteiger partial charge in [0, 0.05) is 6.61 Å². The summed E-state index contributed by atoms with van der Waals surface area (Å²) in [5, 5.41) is 0. The maximum Gasteiger partial charge on any atom is 0.107 e. The molecule has 0 aliphatic carbocycles. The molecule has 102 valence electrons. The van der Waals surface area contributed by atoms with Crippen LogP contribution in [0.4, 0.5) is 0 Å². The van der Waals surface area contributed by atoms with Crippen LogP contribution in [0.1, 0.15) is 65.7 Å². The second kappa shape index (κ2) is 8.93. The van der Waals surface area contributed by atoms with Gasteiger partial charge in [0.15, 0.2) is 0 Å². The fraction of sp³-hybridized carbons (Fsp3) is 1.00. The summed E-state index contributed by atoms with van der Waals surface area (Å²) in [6, 6.07) is 0. The summed E-state index contributed by atoms with van der Waals surface area (Å²) in [5.41, 5.74) is 0. The fourth-order valence-corrected chi connectivity index (χ4v) is 2.13. The first-order valence-corrected chi connectivity index (χ1v) is 7.47. The number of hydrogen-bond donors (Lipinski definition) is 0. The number of hydrogen-bond acceptors (Lipinski definition) is 2. The molecule has 1 aliphatic heterocycles. The SMILES string of the molecule is CCCCCOC[C@@H]1O[C@@H]1CCCCC(C)C. The topological polar surface area (TPSA) is 21.8 Å². The molecule has 0 saturated carbocycles. The van der Waals surface area contributed by atoms with E-state index in [1.165, 1.54) is 44.9 Å². The Morgan fingerprint density at radius 3 is 2.59 bits per heavy atom. The summed E-state index contributed by atoms with van der Waals surface area (Å²) >= 11 is 0. The van der Waals surface area contributed by atoms with Crippen molar-refractivity contribution in [1.29, 1.82) is 0 Å². The van der Waals surface area contributed by atoms with E-state index in [2.05, 4.69) is 20.8 Å². The Morgan fingerprint density at radius 1 is 1.06 bits per heavy atom. The minimum Gasteiger partial charge on any atom is -0.379 e. The third-order valence-electron chi connectivity index (χ3n) is 3.38. The average molecular weight is 242 g/mol. The highest BCUT2D eigenvalue weighted by atomic mass is 16.6. The largest absolute Gasteiger partial charge is 0.379 e. The van der Waals surface area contributed by atoms with Crippen LogP contribution in [0.5, 0.6) is 0 Å². The van der Waals surface area contributed by atoms with Crippen molar-refractivity contribution in [3.05, 3.63) is 0 Å². The van der Waals surface area contributed by atoms with Gasteiger partial charge in [0.1, 0.15) is 6.10 Å². The second-order valence-electron chi connectivity index (χ2n) is 5.67. The Morgan fingerprint density at radius 2 is 1.88 bits per heavy atom. The smallest absolute Gasteiger partial charge is 0.107 e. The molecule has 0 bridgehead atoms. The molecular formula is C15H30O2. The van der Waals surface area contributed by atoms with E-state index in [9.17, 15) is 0 Å². The maximum absolute atomic E-state index is 5.61. The van der Waals surface area contributed by atoms with Gasteiger partial charge < -0.3 is 9.47 Å².